The summed E-state index contributed by atoms with van der Waals surface area (Å²) < 4.78 is 29.1. The van der Waals surface area contributed by atoms with Gasteiger partial charge in [-0.2, -0.15) is 0 Å². The van der Waals surface area contributed by atoms with Gasteiger partial charge in [0, 0.05) is 187 Å². The van der Waals surface area contributed by atoms with Crippen LogP contribution < -0.4 is 33.5 Å². The van der Waals surface area contributed by atoms with Crippen LogP contribution in [0, 0.1) is 0 Å². The van der Waals surface area contributed by atoms with E-state index in [0.717, 1.165) is 128 Å². The van der Waals surface area contributed by atoms with Crippen LogP contribution in [0.1, 0.15) is 185 Å². The number of benzene rings is 7. The number of ether oxygens (including phenoxy) is 5. The van der Waals surface area contributed by atoms with Gasteiger partial charge in [-0.25, -0.2) is 9.97 Å². The minimum atomic E-state index is -0.00205. The third-order valence-electron chi connectivity index (χ3n) is 26.8. The van der Waals surface area contributed by atoms with Crippen molar-refractivity contribution in [3.8, 4) is 28.7 Å². The van der Waals surface area contributed by atoms with Crippen LogP contribution in [-0.4, -0.2) is 310 Å². The van der Waals surface area contributed by atoms with E-state index in [1.807, 2.05) is 107 Å². The maximum absolute atomic E-state index is 12.9. The summed E-state index contributed by atoms with van der Waals surface area (Å²) in [6, 6.07) is 53.4. The van der Waals surface area contributed by atoms with Crippen LogP contribution in [0.15, 0.2) is 176 Å². The summed E-state index contributed by atoms with van der Waals surface area (Å²) in [6.45, 7) is 31.2. The van der Waals surface area contributed by atoms with E-state index in [9.17, 15) is 28.8 Å². The number of ketones is 4. The Morgan fingerprint density at radius 3 is 1.23 bits per heavy atom. The summed E-state index contributed by atoms with van der Waals surface area (Å²) in [4.78, 5) is 110. The number of methoxy groups -OCH3 is 1. The molecule has 708 valence electrons. The predicted octanol–water partition coefficient (Wildman–Crippen LogP) is 16.8. The highest BCUT2D eigenvalue weighted by Crippen LogP contribution is 2.36. The molecule has 27 heteroatoms. The quantitative estimate of drug-likeness (QED) is 0.0264. The second-order valence-corrected chi connectivity index (χ2v) is 37.3. The van der Waals surface area contributed by atoms with E-state index in [-0.39, 0.29) is 34.9 Å². The number of carbonyl (C=O) groups is 6. The van der Waals surface area contributed by atoms with Crippen molar-refractivity contribution in [2.45, 2.75) is 148 Å². The fourth-order valence-corrected chi connectivity index (χ4v) is 19.7. The molecule has 4 atom stereocenters. The highest BCUT2D eigenvalue weighted by Gasteiger charge is 2.31. The van der Waals surface area contributed by atoms with E-state index in [1.54, 1.807) is 62.0 Å². The van der Waals surface area contributed by atoms with E-state index in [1.165, 1.54) is 88.7 Å². The van der Waals surface area contributed by atoms with E-state index >= 15 is 0 Å². The van der Waals surface area contributed by atoms with Crippen LogP contribution in [0.5, 0.6) is 28.7 Å². The standard InChI is InChI=1S/C28H37N3O4.C27H34ClN3O3.C26H34N2O2.C24H31Cl2N5O2/c1-22-8-6-13-30(22)14-7-19-35-26-12-11-24(20-27(26)34-2)25(32)21-29-15-17-31(18-16-29)28(33)23-9-4-3-5-10-23;1-21-7-5-12-30(21)13-6-18-34-26-11-10-23(19-24(26)28)25(32)20-29-14-16-31(17-15-29)27(33)22-8-3-2-4-9-22;1-21-8-6-17-27(21)18-7-19-30-24-14-12-23(13-15-24)26(29)20-28-16-5-4-10-22-9-2-3-11-25(22)28;1-18-5-2-8-30(18)9-4-14-33-23-20(25)15-19(16-21(23)26)22(32)17-29-10-12-31(13-11-29)24-27-6-3-7-28-24/h3-5,9-12,20,22H,6-8,13-19,21H2,1-2H3;2-4,8-11,19,21H,5-7,12-18,20H2,1H3;2-3,9,11-15,21H,4-8,10,16-20H2,1H3;3,6-7,15-16,18H,2,4-5,8-14,17H2,1H3/t22-;2*21-;18-/m1111/s1. The molecule has 8 aromatic rings. The molecule has 9 heterocycles. The molecule has 7 saturated heterocycles. The van der Waals surface area contributed by atoms with Crippen molar-refractivity contribution < 1.29 is 52.5 Å². The maximum atomic E-state index is 12.9. The molecule has 0 aliphatic carbocycles. The van der Waals surface area contributed by atoms with Gasteiger partial charge in [-0.1, -0.05) is 89.4 Å². The Morgan fingerprint density at radius 2 is 0.765 bits per heavy atom. The number of carbonyl (C=O) groups excluding carboxylic acids is 6. The molecule has 0 unspecified atom stereocenters. The van der Waals surface area contributed by atoms with Gasteiger partial charge in [-0.3, -0.25) is 43.5 Å². The highest BCUT2D eigenvalue weighted by atomic mass is 35.5. The molecule has 132 heavy (non-hydrogen) atoms. The third kappa shape index (κ3) is 29.7. The molecular formula is C105H136Cl3N13O11. The van der Waals surface area contributed by atoms with Crippen molar-refractivity contribution in [2.75, 3.05) is 207 Å². The molecule has 0 saturated carbocycles. The number of para-hydroxylation sites is 1. The number of aromatic nitrogens is 2. The molecule has 1 aromatic heterocycles. The van der Waals surface area contributed by atoms with Gasteiger partial charge in [0.25, 0.3) is 11.8 Å². The SMILES string of the molecule is COc1cc(C(=O)CN2CCN(C(=O)c3ccccc3)CC2)ccc1OCCCN1CCC[C@H]1C.C[C@@H]1CCCN1CCCOc1c(Cl)cc(C(=O)CN2CCN(c3ncccn3)CC2)cc1Cl.C[C@@H]1CCCN1CCCOc1ccc(C(=O)CN2CCCCc3ccccc32)cc1.C[C@@H]1CCCN1CCCOc1ccc(C(=O)CN2CCN(C(=O)c3ccccc3)CC2)cc1Cl. The average molecular weight is 1860 g/mol. The predicted molar refractivity (Wildman–Crippen MR) is 526 cm³/mol. The van der Waals surface area contributed by atoms with Crippen molar-refractivity contribution >= 4 is 81.4 Å². The monoisotopic (exact) mass is 1860 g/mol. The minimum Gasteiger partial charge on any atom is -0.494 e. The molecule has 7 aromatic carbocycles. The van der Waals surface area contributed by atoms with Crippen molar-refractivity contribution in [3.63, 3.8) is 0 Å². The zero-order chi connectivity index (χ0) is 92.5. The lowest BCUT2D eigenvalue weighted by molar-refractivity contribution is 0.0613. The second-order valence-electron chi connectivity index (χ2n) is 36.1. The van der Waals surface area contributed by atoms with E-state index in [4.69, 9.17) is 58.5 Å². The molecule has 0 bridgehead atoms. The zero-order valence-electron chi connectivity index (χ0n) is 78.1. The van der Waals surface area contributed by atoms with Crippen molar-refractivity contribution in [1.29, 1.82) is 0 Å². The Bertz CT molecular complexity index is 4940. The lowest BCUT2D eigenvalue weighted by atomic mass is 10.1. The second kappa shape index (κ2) is 51.8. The number of likely N-dealkylation sites (tertiary alicyclic amines) is 4. The van der Waals surface area contributed by atoms with E-state index in [0.29, 0.717) is 188 Å². The van der Waals surface area contributed by atoms with Gasteiger partial charge in [0.05, 0.1) is 74.8 Å². The number of rotatable bonds is 36. The fourth-order valence-electron chi connectivity index (χ4n) is 18.8. The average Bonchev–Trinajstić information content (AvgIpc) is 0.922. The fraction of sp³-hybridized carbons (Fsp3) is 0.505. The lowest BCUT2D eigenvalue weighted by Gasteiger charge is -2.34. The number of halogens is 3. The van der Waals surface area contributed by atoms with Crippen molar-refractivity contribution in [1.82, 2.24) is 54.1 Å². The van der Waals surface area contributed by atoms with Gasteiger partial charge in [-0.15, -0.1) is 0 Å². The van der Waals surface area contributed by atoms with Gasteiger partial charge < -0.3 is 62.9 Å². The summed E-state index contributed by atoms with van der Waals surface area (Å²) in [5.74, 6) is 4.25. The van der Waals surface area contributed by atoms with E-state index in [2.05, 4.69) is 106 Å². The summed E-state index contributed by atoms with van der Waals surface area (Å²) in [7, 11) is 1.60. The Morgan fingerprint density at radius 1 is 0.356 bits per heavy atom. The smallest absolute Gasteiger partial charge is 0.253 e. The number of hydrogen-bond acceptors (Lipinski definition) is 22. The van der Waals surface area contributed by atoms with Gasteiger partial charge in [0.2, 0.25) is 5.95 Å². The minimum absolute atomic E-state index is 0.00205. The molecule has 8 aliphatic rings. The first-order chi connectivity index (χ1) is 64.3. The Balaban J connectivity index is 0.000000150. The van der Waals surface area contributed by atoms with Gasteiger partial charge >= 0.3 is 0 Å². The van der Waals surface area contributed by atoms with Crippen LogP contribution in [-0.2, 0) is 6.42 Å². The highest BCUT2D eigenvalue weighted by molar-refractivity contribution is 6.37. The molecular weight excluding hydrogens is 1730 g/mol. The molecule has 24 nitrogen and oxygen atoms in total. The molecule has 7 fully saturated rings. The number of anilines is 2. The number of Topliss-reactive ketones (excluding diaryl/α,β-unsaturated/α-hetero) is 4. The Labute approximate surface area is 797 Å². The van der Waals surface area contributed by atoms with E-state index < -0.39 is 0 Å². The van der Waals surface area contributed by atoms with Crippen LogP contribution in [0.4, 0.5) is 11.6 Å². The molecule has 0 N–H and O–H groups in total. The molecule has 0 radical (unpaired) electrons. The van der Waals surface area contributed by atoms with Crippen LogP contribution in [0.25, 0.3) is 0 Å². The molecule has 8 aliphatic heterocycles. The summed E-state index contributed by atoms with van der Waals surface area (Å²) in [6.07, 6.45) is 21.1. The third-order valence-corrected chi connectivity index (χ3v) is 27.7. The Kier molecular flexibility index (Phi) is 39.2. The first-order valence-corrected chi connectivity index (χ1v) is 49.3. The first-order valence-electron chi connectivity index (χ1n) is 48.1. The number of fused-ring (bicyclic) bond motifs is 1. The Hall–Kier alpha value is -9.57. The zero-order valence-corrected chi connectivity index (χ0v) is 80.4. The van der Waals surface area contributed by atoms with Crippen molar-refractivity contribution in [2.24, 2.45) is 0 Å². The van der Waals surface area contributed by atoms with Crippen LogP contribution >= 0.6 is 34.8 Å². The van der Waals surface area contributed by atoms with Crippen LogP contribution in [0.2, 0.25) is 15.1 Å². The lowest BCUT2D eigenvalue weighted by Crippen LogP contribution is -2.49. The normalized spacial score (nSPS) is 19.4. The first kappa shape index (κ1) is 99.9. The van der Waals surface area contributed by atoms with Crippen LogP contribution in [0.3, 0.4) is 0 Å². The molecule has 2 amide bonds. The summed E-state index contributed by atoms with van der Waals surface area (Å²) >= 11 is 19.3. The van der Waals surface area contributed by atoms with Gasteiger partial charge in [0.1, 0.15) is 11.5 Å². The summed E-state index contributed by atoms with van der Waals surface area (Å²) in [5.41, 5.74) is 6.46. The number of hydrogen-bond donors (Lipinski definition) is 0. The summed E-state index contributed by atoms with van der Waals surface area (Å²) in [5, 5.41) is 1.23. The van der Waals surface area contributed by atoms with Gasteiger partial charge in [-0.05, 0) is 265 Å². The molecule has 16 rings (SSSR count). The number of aryl methyl sites for hydroxylation is 1. The van der Waals surface area contributed by atoms with Crippen molar-refractivity contribution in [3.05, 3.63) is 230 Å². The number of piperazine rings is 3. The number of amides is 2. The maximum Gasteiger partial charge on any atom is 0.253 e. The molecule has 0 spiro atoms. The largest absolute Gasteiger partial charge is 0.494 e. The topological polar surface area (TPSA) is 210 Å². The van der Waals surface area contributed by atoms with Gasteiger partial charge in [0.15, 0.2) is 40.4 Å². The number of nitrogens with zero attached hydrogens (tertiary/aromatic N) is 13.